The zero-order valence-corrected chi connectivity index (χ0v) is 12.4. The van der Waals surface area contributed by atoms with Crippen molar-refractivity contribution in [1.82, 2.24) is 0 Å². The van der Waals surface area contributed by atoms with E-state index in [9.17, 15) is 4.79 Å². The summed E-state index contributed by atoms with van der Waals surface area (Å²) < 4.78 is 1.05. The molecule has 18 heavy (non-hydrogen) atoms. The van der Waals surface area contributed by atoms with Crippen LogP contribution in [-0.4, -0.2) is 43.2 Å². The van der Waals surface area contributed by atoms with Crippen molar-refractivity contribution in [1.29, 1.82) is 0 Å². The molecule has 0 saturated heterocycles. The van der Waals surface area contributed by atoms with Crippen LogP contribution in [0.4, 0.5) is 0 Å². The van der Waals surface area contributed by atoms with Crippen LogP contribution < -0.4 is 0 Å². The van der Waals surface area contributed by atoms with Gasteiger partial charge < -0.3 is 9.59 Å². The number of quaternary nitrogens is 1. The normalized spacial score (nSPS) is 11.5. The smallest absolute Gasteiger partial charge is 0.330 e. The lowest BCUT2D eigenvalue weighted by molar-refractivity contribution is -0.870. The zero-order valence-electron chi connectivity index (χ0n) is 12.4. The maximum absolute atomic E-state index is 10.5. The van der Waals surface area contributed by atoms with Crippen LogP contribution in [0, 0.1) is 0 Å². The summed E-state index contributed by atoms with van der Waals surface area (Å²) in [7, 11) is 6.69. The molecule has 0 aromatic rings. The summed E-state index contributed by atoms with van der Waals surface area (Å²) in [5.41, 5.74) is 0.345. The highest BCUT2D eigenvalue weighted by Gasteiger charge is 2.05. The molecule has 0 saturated carbocycles. The minimum Gasteiger partial charge on any atom is -0.478 e. The molecule has 1 N–H and O–H groups in total. The maximum Gasteiger partial charge on any atom is 0.330 e. The van der Waals surface area contributed by atoms with E-state index in [1.165, 1.54) is 38.6 Å². The first-order valence-corrected chi connectivity index (χ1v) is 7.04. The highest BCUT2D eigenvalue weighted by Crippen LogP contribution is 2.12. The molecule has 0 radical (unpaired) electrons. The molecule has 3 heteroatoms. The van der Waals surface area contributed by atoms with Gasteiger partial charge in [-0.05, 0) is 25.7 Å². The summed E-state index contributed by atoms with van der Waals surface area (Å²) in [6.45, 7) is 4.78. The molecule has 0 atom stereocenters. The van der Waals surface area contributed by atoms with Gasteiger partial charge in [0.25, 0.3) is 0 Å². The first-order valence-electron chi connectivity index (χ1n) is 7.04. The molecule has 106 valence electrons. The monoisotopic (exact) mass is 256 g/mol. The van der Waals surface area contributed by atoms with Gasteiger partial charge >= 0.3 is 5.97 Å². The molecule has 0 aliphatic carbocycles. The van der Waals surface area contributed by atoms with E-state index in [0.29, 0.717) is 12.0 Å². The lowest BCUT2D eigenvalue weighted by atomic mass is 10.1. The fourth-order valence-corrected chi connectivity index (χ4v) is 1.92. The molecule has 0 bridgehead atoms. The van der Waals surface area contributed by atoms with E-state index in [0.717, 1.165) is 17.3 Å². The number of carbonyl (C=O) groups is 1. The summed E-state index contributed by atoms with van der Waals surface area (Å²) >= 11 is 0. The second-order valence-corrected chi connectivity index (χ2v) is 6.15. The summed E-state index contributed by atoms with van der Waals surface area (Å²) in [6, 6.07) is 0. The standard InChI is InChI=1S/C15H29NO2/c1-14(15(17)18)12-10-8-6-5-7-9-11-13-16(2,3)4/h1,5-13H2,2-4H3/p+1. The van der Waals surface area contributed by atoms with Gasteiger partial charge in [0, 0.05) is 5.57 Å². The fourth-order valence-electron chi connectivity index (χ4n) is 1.92. The van der Waals surface area contributed by atoms with Gasteiger partial charge in [-0.25, -0.2) is 4.79 Å². The lowest BCUT2D eigenvalue weighted by Crippen LogP contribution is -2.35. The predicted octanol–water partition coefficient (Wildman–Crippen LogP) is 3.45. The number of hydrogen-bond acceptors (Lipinski definition) is 1. The van der Waals surface area contributed by atoms with Crippen LogP contribution >= 0.6 is 0 Å². The number of nitrogens with zero attached hydrogens (tertiary/aromatic N) is 1. The molecule has 0 aromatic carbocycles. The third-order valence-electron chi connectivity index (χ3n) is 3.11. The Kier molecular flexibility index (Phi) is 8.73. The van der Waals surface area contributed by atoms with E-state index in [4.69, 9.17) is 5.11 Å². The van der Waals surface area contributed by atoms with Crippen molar-refractivity contribution in [2.75, 3.05) is 27.7 Å². The van der Waals surface area contributed by atoms with Crippen LogP contribution in [-0.2, 0) is 4.79 Å². The first kappa shape index (κ1) is 17.2. The van der Waals surface area contributed by atoms with Crippen LogP contribution in [0.1, 0.15) is 51.4 Å². The van der Waals surface area contributed by atoms with Gasteiger partial charge in [0.1, 0.15) is 0 Å². The van der Waals surface area contributed by atoms with Crippen LogP contribution in [0.3, 0.4) is 0 Å². The van der Waals surface area contributed by atoms with Crippen molar-refractivity contribution in [3.63, 3.8) is 0 Å². The van der Waals surface area contributed by atoms with Gasteiger partial charge in [0.15, 0.2) is 0 Å². The molecule has 0 unspecified atom stereocenters. The molecular weight excluding hydrogens is 226 g/mol. The second kappa shape index (κ2) is 9.15. The minimum absolute atomic E-state index is 0.345. The number of rotatable bonds is 11. The number of unbranched alkanes of at least 4 members (excludes halogenated alkanes) is 6. The Morgan fingerprint density at radius 1 is 0.944 bits per heavy atom. The van der Waals surface area contributed by atoms with E-state index < -0.39 is 5.97 Å². The van der Waals surface area contributed by atoms with Crippen molar-refractivity contribution in [2.45, 2.75) is 51.4 Å². The van der Waals surface area contributed by atoms with E-state index in [1.54, 1.807) is 0 Å². The van der Waals surface area contributed by atoms with E-state index >= 15 is 0 Å². The summed E-state index contributed by atoms with van der Waals surface area (Å²) in [5.74, 6) is -0.852. The lowest BCUT2D eigenvalue weighted by Gasteiger charge is -2.23. The molecule has 0 heterocycles. The van der Waals surface area contributed by atoms with Crippen molar-refractivity contribution in [3.05, 3.63) is 12.2 Å². The van der Waals surface area contributed by atoms with Crippen molar-refractivity contribution < 1.29 is 14.4 Å². The SMILES string of the molecule is C=C(CCCCCCCCC[N+](C)(C)C)C(=O)O. The van der Waals surface area contributed by atoms with Gasteiger partial charge in [0.2, 0.25) is 0 Å². The highest BCUT2D eigenvalue weighted by atomic mass is 16.4. The van der Waals surface area contributed by atoms with Crippen molar-refractivity contribution in [2.24, 2.45) is 0 Å². The van der Waals surface area contributed by atoms with Crippen molar-refractivity contribution in [3.8, 4) is 0 Å². The van der Waals surface area contributed by atoms with E-state index in [-0.39, 0.29) is 0 Å². The summed E-state index contributed by atoms with van der Waals surface area (Å²) in [6.07, 6.45) is 9.15. The maximum atomic E-state index is 10.5. The zero-order chi connectivity index (χ0) is 14.0. The molecule has 0 aliphatic heterocycles. The van der Waals surface area contributed by atoms with Gasteiger partial charge in [-0.15, -0.1) is 0 Å². The minimum atomic E-state index is -0.852. The predicted molar refractivity (Wildman–Crippen MR) is 76.6 cm³/mol. The average Bonchev–Trinajstić information content (AvgIpc) is 2.24. The Hall–Kier alpha value is -0.830. The molecule has 0 fully saturated rings. The van der Waals surface area contributed by atoms with Gasteiger partial charge in [-0.1, -0.05) is 32.3 Å². The summed E-state index contributed by atoms with van der Waals surface area (Å²) in [4.78, 5) is 10.5. The third kappa shape index (κ3) is 11.6. The Morgan fingerprint density at radius 3 is 1.83 bits per heavy atom. The largest absolute Gasteiger partial charge is 0.478 e. The topological polar surface area (TPSA) is 37.3 Å². The Bertz CT molecular complexity index is 254. The van der Waals surface area contributed by atoms with Crippen LogP contribution in [0.25, 0.3) is 0 Å². The molecule has 0 aliphatic rings. The fraction of sp³-hybridized carbons (Fsp3) is 0.800. The quantitative estimate of drug-likeness (QED) is 0.349. The van der Waals surface area contributed by atoms with Crippen LogP contribution in [0.2, 0.25) is 0 Å². The molecule has 0 amide bonds. The Balaban J connectivity index is 3.22. The average molecular weight is 256 g/mol. The highest BCUT2D eigenvalue weighted by molar-refractivity contribution is 5.85. The summed E-state index contributed by atoms with van der Waals surface area (Å²) in [5, 5.41) is 8.65. The number of carboxylic acids is 1. The van der Waals surface area contributed by atoms with E-state index in [2.05, 4.69) is 27.7 Å². The Labute approximate surface area is 112 Å². The van der Waals surface area contributed by atoms with Crippen molar-refractivity contribution >= 4 is 5.97 Å². The third-order valence-corrected chi connectivity index (χ3v) is 3.11. The molecule has 0 rings (SSSR count). The van der Waals surface area contributed by atoms with E-state index in [1.807, 2.05) is 0 Å². The molecule has 3 nitrogen and oxygen atoms in total. The van der Waals surface area contributed by atoms with Crippen LogP contribution in [0.5, 0.6) is 0 Å². The first-order chi connectivity index (χ1) is 8.33. The van der Waals surface area contributed by atoms with Crippen LogP contribution in [0.15, 0.2) is 12.2 Å². The molecule has 0 spiro atoms. The number of aliphatic carboxylic acids is 1. The second-order valence-electron chi connectivity index (χ2n) is 6.15. The van der Waals surface area contributed by atoms with Gasteiger partial charge in [-0.2, -0.15) is 0 Å². The number of carboxylic acid groups (broad SMARTS) is 1. The molecule has 0 aromatic heterocycles. The number of hydrogen-bond donors (Lipinski definition) is 1. The Morgan fingerprint density at radius 2 is 1.39 bits per heavy atom. The van der Waals surface area contributed by atoms with Gasteiger partial charge in [-0.3, -0.25) is 0 Å². The molecular formula is C15H30NO2+. The van der Waals surface area contributed by atoms with Gasteiger partial charge in [0.05, 0.1) is 27.7 Å².